The topological polar surface area (TPSA) is 76.1 Å². The van der Waals surface area contributed by atoms with Crippen molar-refractivity contribution in [2.75, 3.05) is 39.6 Å². The molecule has 0 radical (unpaired) electrons. The number of carbonyl (C=O) groups is 2. The van der Waals surface area contributed by atoms with E-state index in [2.05, 4.69) is 90.4 Å². The Morgan fingerprint density at radius 3 is 1.95 bits per heavy atom. The first-order valence-electron chi connectivity index (χ1n) is 6.55. The molecule has 0 saturated heterocycles. The van der Waals surface area contributed by atoms with Crippen LogP contribution in [0.3, 0.4) is 0 Å². The fraction of sp³-hybridized carbons (Fsp3) is 0.833. The Hall–Kier alpha value is 1.78. The molecule has 130 valence electrons. The summed E-state index contributed by atoms with van der Waals surface area (Å²) in [5, 5.41) is 10.6. The zero-order valence-corrected chi connectivity index (χ0v) is 20.5. The Balaban J connectivity index is 3.76. The average Bonchev–Trinajstić information content (AvgIpc) is 2.48. The van der Waals surface area contributed by atoms with E-state index >= 15 is 0 Å². The fourth-order valence-corrected chi connectivity index (χ4v) is 6.04. The van der Waals surface area contributed by atoms with Crippen LogP contribution in [0.5, 0.6) is 0 Å². The Morgan fingerprint density at radius 2 is 1.50 bits per heavy atom. The van der Waals surface area contributed by atoms with Gasteiger partial charge in [0.15, 0.2) is 0 Å². The fourth-order valence-electron chi connectivity index (χ4n) is 1.20. The summed E-state index contributed by atoms with van der Waals surface area (Å²) in [5.41, 5.74) is 0. The zero-order chi connectivity index (χ0) is 17.0. The second-order valence-corrected chi connectivity index (χ2v) is 8.58. The standard InChI is InChI=1S/C12H19I4NO5/c13-2-1-10(16)12(19)22-6-4-17(20)3-5-21-11(18)9(7-14)8-15/h9-10,20H,1-8H2. The van der Waals surface area contributed by atoms with Gasteiger partial charge in [0.25, 0.3) is 0 Å². The Bertz CT molecular complexity index is 331. The van der Waals surface area contributed by atoms with Gasteiger partial charge in [-0.3, -0.25) is 9.59 Å². The molecule has 0 amide bonds. The van der Waals surface area contributed by atoms with Crippen LogP contribution in [0.2, 0.25) is 0 Å². The molecular formula is C12H19I4NO5. The van der Waals surface area contributed by atoms with Gasteiger partial charge < -0.3 is 14.7 Å². The van der Waals surface area contributed by atoms with Crippen LogP contribution in [0.4, 0.5) is 0 Å². The van der Waals surface area contributed by atoms with E-state index in [-0.39, 0.29) is 48.1 Å². The lowest BCUT2D eigenvalue weighted by atomic mass is 10.2. The molecule has 1 atom stereocenters. The number of hydrogen-bond acceptors (Lipinski definition) is 6. The number of esters is 2. The minimum Gasteiger partial charge on any atom is -0.464 e. The summed E-state index contributed by atoms with van der Waals surface area (Å²) >= 11 is 8.57. The third-order valence-corrected chi connectivity index (χ3v) is 6.39. The predicted octanol–water partition coefficient (Wildman–Crippen LogP) is 2.88. The molecule has 0 bridgehead atoms. The smallest absolute Gasteiger partial charge is 0.318 e. The molecule has 0 aliphatic heterocycles. The SMILES string of the molecule is O=C(OCCN(O)CCOC(=O)C(CI)CI)C(I)CCI. The molecule has 0 saturated carbocycles. The van der Waals surface area contributed by atoms with Gasteiger partial charge >= 0.3 is 11.9 Å². The third-order valence-electron chi connectivity index (χ3n) is 2.51. The predicted molar refractivity (Wildman–Crippen MR) is 118 cm³/mol. The van der Waals surface area contributed by atoms with Crippen molar-refractivity contribution in [1.82, 2.24) is 5.06 Å². The van der Waals surface area contributed by atoms with E-state index in [4.69, 9.17) is 9.47 Å². The summed E-state index contributed by atoms with van der Waals surface area (Å²) in [6, 6.07) is 0. The number of hydrogen-bond donors (Lipinski definition) is 1. The molecule has 0 aromatic carbocycles. The maximum atomic E-state index is 11.6. The lowest BCUT2D eigenvalue weighted by molar-refractivity contribution is -0.155. The van der Waals surface area contributed by atoms with Crippen LogP contribution < -0.4 is 0 Å². The molecule has 0 rings (SSSR count). The van der Waals surface area contributed by atoms with Crippen LogP contribution >= 0.6 is 90.4 Å². The van der Waals surface area contributed by atoms with Crippen LogP contribution in [0.25, 0.3) is 0 Å². The molecule has 0 aromatic rings. The van der Waals surface area contributed by atoms with E-state index in [1.807, 2.05) is 0 Å². The van der Waals surface area contributed by atoms with Gasteiger partial charge in [-0.15, -0.1) is 0 Å². The number of halogens is 4. The Labute approximate surface area is 185 Å². The first-order chi connectivity index (χ1) is 10.5. The van der Waals surface area contributed by atoms with Gasteiger partial charge in [-0.1, -0.05) is 90.4 Å². The highest BCUT2D eigenvalue weighted by molar-refractivity contribution is 14.1. The normalized spacial score (nSPS) is 12.5. The van der Waals surface area contributed by atoms with Crippen LogP contribution in [0.15, 0.2) is 0 Å². The van der Waals surface area contributed by atoms with Gasteiger partial charge in [-0.2, -0.15) is 5.06 Å². The van der Waals surface area contributed by atoms with Crippen molar-refractivity contribution in [1.29, 1.82) is 0 Å². The average molecular weight is 765 g/mol. The molecule has 6 nitrogen and oxygen atoms in total. The second kappa shape index (κ2) is 15.1. The van der Waals surface area contributed by atoms with Gasteiger partial charge in [0.2, 0.25) is 0 Å². The quantitative estimate of drug-likeness (QED) is 0.143. The van der Waals surface area contributed by atoms with Gasteiger partial charge in [0, 0.05) is 13.3 Å². The van der Waals surface area contributed by atoms with Gasteiger partial charge in [0.1, 0.15) is 17.1 Å². The van der Waals surface area contributed by atoms with Crippen molar-refractivity contribution in [2.24, 2.45) is 5.92 Å². The largest absolute Gasteiger partial charge is 0.464 e. The molecule has 0 aliphatic rings. The van der Waals surface area contributed by atoms with Crippen LogP contribution in [0, 0.1) is 5.92 Å². The minimum absolute atomic E-state index is 0.104. The highest BCUT2D eigenvalue weighted by atomic mass is 127. The molecular weight excluding hydrogens is 746 g/mol. The highest BCUT2D eigenvalue weighted by Gasteiger charge is 2.18. The van der Waals surface area contributed by atoms with E-state index in [0.29, 0.717) is 8.86 Å². The maximum absolute atomic E-state index is 11.6. The Morgan fingerprint density at radius 1 is 1.00 bits per heavy atom. The Kier molecular flexibility index (Phi) is 16.3. The van der Waals surface area contributed by atoms with E-state index in [1.165, 1.54) is 0 Å². The van der Waals surface area contributed by atoms with Crippen molar-refractivity contribution in [3.05, 3.63) is 0 Å². The molecule has 1 unspecified atom stereocenters. The maximum Gasteiger partial charge on any atom is 0.318 e. The summed E-state index contributed by atoms with van der Waals surface area (Å²) in [7, 11) is 0. The third kappa shape index (κ3) is 11.4. The van der Waals surface area contributed by atoms with Crippen molar-refractivity contribution in [3.63, 3.8) is 0 Å². The number of ether oxygens (including phenoxy) is 2. The lowest BCUT2D eigenvalue weighted by Crippen LogP contribution is -2.31. The summed E-state index contributed by atoms with van der Waals surface area (Å²) < 4.78 is 12.3. The summed E-state index contributed by atoms with van der Waals surface area (Å²) in [5.74, 6) is -0.605. The number of hydroxylamine groups is 2. The van der Waals surface area contributed by atoms with Crippen molar-refractivity contribution in [3.8, 4) is 0 Å². The van der Waals surface area contributed by atoms with E-state index in [1.54, 1.807) is 0 Å². The number of nitrogens with zero attached hydrogens (tertiary/aromatic N) is 1. The highest BCUT2D eigenvalue weighted by Crippen LogP contribution is 2.10. The molecule has 0 spiro atoms. The molecule has 10 heteroatoms. The first kappa shape index (κ1) is 23.8. The van der Waals surface area contributed by atoms with Crippen LogP contribution in [-0.4, -0.2) is 65.7 Å². The van der Waals surface area contributed by atoms with E-state index in [0.717, 1.165) is 15.9 Å². The van der Waals surface area contributed by atoms with Crippen molar-refractivity contribution < 1.29 is 24.3 Å². The lowest BCUT2D eigenvalue weighted by Gasteiger charge is -2.16. The summed E-state index contributed by atoms with van der Waals surface area (Å²) in [4.78, 5) is 23.2. The monoisotopic (exact) mass is 765 g/mol. The molecule has 0 aromatic heterocycles. The number of alkyl halides is 4. The molecule has 22 heavy (non-hydrogen) atoms. The number of carbonyl (C=O) groups excluding carboxylic acids is 2. The van der Waals surface area contributed by atoms with Crippen molar-refractivity contribution >= 4 is 102 Å². The minimum atomic E-state index is -0.260. The second-order valence-electron chi connectivity index (χ2n) is 4.24. The summed E-state index contributed by atoms with van der Waals surface area (Å²) in [6.07, 6.45) is 0.771. The van der Waals surface area contributed by atoms with Crippen molar-refractivity contribution in [2.45, 2.75) is 10.3 Å². The first-order valence-corrected chi connectivity index (χ1v) is 12.4. The van der Waals surface area contributed by atoms with Gasteiger partial charge in [-0.25, -0.2) is 0 Å². The number of rotatable bonds is 12. The van der Waals surface area contributed by atoms with E-state index in [9.17, 15) is 14.8 Å². The molecule has 0 fully saturated rings. The molecule has 1 N–H and O–H groups in total. The zero-order valence-electron chi connectivity index (χ0n) is 11.9. The van der Waals surface area contributed by atoms with Gasteiger partial charge in [-0.05, 0) is 6.42 Å². The molecule has 0 heterocycles. The van der Waals surface area contributed by atoms with Crippen LogP contribution in [-0.2, 0) is 19.1 Å². The van der Waals surface area contributed by atoms with Gasteiger partial charge in [0.05, 0.1) is 19.0 Å². The van der Waals surface area contributed by atoms with Crippen LogP contribution in [0.1, 0.15) is 6.42 Å². The summed E-state index contributed by atoms with van der Waals surface area (Å²) in [6.45, 7) is 0.629. The molecule has 0 aliphatic carbocycles. The van der Waals surface area contributed by atoms with E-state index < -0.39 is 0 Å².